The van der Waals surface area contributed by atoms with E-state index in [-0.39, 0.29) is 11.3 Å². The van der Waals surface area contributed by atoms with Crippen molar-refractivity contribution in [2.24, 2.45) is 0 Å². The van der Waals surface area contributed by atoms with E-state index in [0.29, 0.717) is 13.0 Å². The van der Waals surface area contributed by atoms with Crippen molar-refractivity contribution < 1.29 is 19.6 Å². The first-order valence-electron chi connectivity index (χ1n) is 5.10. The van der Waals surface area contributed by atoms with Gasteiger partial charge >= 0.3 is 5.97 Å². The van der Waals surface area contributed by atoms with Crippen LogP contribution in [0.3, 0.4) is 0 Å². The zero-order valence-corrected chi connectivity index (χ0v) is 9.67. The zero-order valence-electron chi connectivity index (χ0n) is 9.67. The maximum absolute atomic E-state index is 10.9. The number of hydrogen-bond acceptors (Lipinski definition) is 4. The molecule has 1 aromatic carbocycles. The molecule has 0 atom stereocenters. The third-order valence-corrected chi connectivity index (χ3v) is 2.07. The highest BCUT2D eigenvalue weighted by atomic mass is 16.6. The van der Waals surface area contributed by atoms with E-state index in [1.165, 1.54) is 6.07 Å². The van der Waals surface area contributed by atoms with Gasteiger partial charge in [-0.15, -0.1) is 11.8 Å². The lowest BCUT2D eigenvalue weighted by atomic mass is 10.1. The minimum Gasteiger partial charge on any atom is -0.493 e. The molecule has 0 spiro atoms. The van der Waals surface area contributed by atoms with Crippen molar-refractivity contribution in [1.82, 2.24) is 0 Å². The van der Waals surface area contributed by atoms with Gasteiger partial charge in [0.2, 0.25) is 0 Å². The Morgan fingerprint density at radius 1 is 1.56 bits per heavy atom. The highest BCUT2D eigenvalue weighted by Crippen LogP contribution is 2.24. The summed E-state index contributed by atoms with van der Waals surface area (Å²) in [6.45, 7) is 2.01. The number of carboxylic acid groups (broad SMARTS) is 1. The first-order valence-corrected chi connectivity index (χ1v) is 5.10. The molecule has 0 saturated heterocycles. The van der Waals surface area contributed by atoms with Crippen LogP contribution in [-0.4, -0.2) is 22.6 Å². The van der Waals surface area contributed by atoms with Crippen molar-refractivity contribution in [2.45, 2.75) is 13.3 Å². The molecule has 0 fully saturated rings. The maximum Gasteiger partial charge on any atom is 0.342 e. The van der Waals surface area contributed by atoms with Crippen molar-refractivity contribution in [1.29, 1.82) is 0 Å². The second-order valence-corrected chi connectivity index (χ2v) is 3.27. The molecule has 1 aromatic rings. The van der Waals surface area contributed by atoms with Crippen LogP contribution in [0.5, 0.6) is 5.75 Å². The summed E-state index contributed by atoms with van der Waals surface area (Å²) in [7, 11) is 0. The molecule has 6 nitrogen and oxygen atoms in total. The Bertz CT molecular complexity index is 527. The third-order valence-electron chi connectivity index (χ3n) is 2.07. The van der Waals surface area contributed by atoms with Crippen molar-refractivity contribution in [3.63, 3.8) is 0 Å². The van der Waals surface area contributed by atoms with E-state index in [1.807, 2.05) is 0 Å². The Morgan fingerprint density at radius 3 is 2.83 bits per heavy atom. The number of hydrogen-bond donors (Lipinski definition) is 1. The predicted octanol–water partition coefficient (Wildman–Crippen LogP) is 2.09. The monoisotopic (exact) mass is 249 g/mol. The lowest BCUT2D eigenvalue weighted by Crippen LogP contribution is -2.04. The normalized spacial score (nSPS) is 9.17. The van der Waals surface area contributed by atoms with Gasteiger partial charge in [0.25, 0.3) is 5.69 Å². The Labute approximate surface area is 103 Å². The molecule has 1 rings (SSSR count). The van der Waals surface area contributed by atoms with Crippen LogP contribution in [-0.2, 0) is 0 Å². The summed E-state index contributed by atoms with van der Waals surface area (Å²) < 4.78 is 5.25. The number of nitrogens with zero attached hydrogens (tertiary/aromatic N) is 1. The molecule has 0 amide bonds. The minimum absolute atomic E-state index is 0.274. The molecule has 0 heterocycles. The summed E-state index contributed by atoms with van der Waals surface area (Å²) in [5, 5.41) is 19.5. The largest absolute Gasteiger partial charge is 0.493 e. The average Bonchev–Trinajstić information content (AvgIpc) is 2.34. The van der Waals surface area contributed by atoms with Gasteiger partial charge in [0.15, 0.2) is 0 Å². The van der Waals surface area contributed by atoms with Crippen LogP contribution in [0.4, 0.5) is 5.69 Å². The molecule has 0 saturated carbocycles. The van der Waals surface area contributed by atoms with Crippen LogP contribution >= 0.6 is 0 Å². The molecule has 0 aliphatic rings. The number of benzene rings is 1. The number of carboxylic acids is 1. The molecule has 0 radical (unpaired) electrons. The second kappa shape index (κ2) is 6.25. The van der Waals surface area contributed by atoms with Crippen LogP contribution < -0.4 is 4.74 Å². The second-order valence-electron chi connectivity index (χ2n) is 3.27. The number of aromatic carboxylic acids is 1. The average molecular weight is 249 g/mol. The molecule has 18 heavy (non-hydrogen) atoms. The number of nitro benzene ring substituents is 1. The van der Waals surface area contributed by atoms with Gasteiger partial charge in [0, 0.05) is 18.6 Å². The summed E-state index contributed by atoms with van der Waals surface area (Å²) in [5.41, 5.74) is -0.845. The lowest BCUT2D eigenvalue weighted by molar-refractivity contribution is -0.385. The fraction of sp³-hybridized carbons (Fsp3) is 0.250. The third kappa shape index (κ3) is 3.49. The van der Waals surface area contributed by atoms with E-state index < -0.39 is 16.6 Å². The van der Waals surface area contributed by atoms with Gasteiger partial charge in [-0.1, -0.05) is 0 Å². The van der Waals surface area contributed by atoms with Gasteiger partial charge in [-0.3, -0.25) is 10.1 Å². The Kier molecular flexibility index (Phi) is 4.69. The van der Waals surface area contributed by atoms with Gasteiger partial charge in [0.1, 0.15) is 11.3 Å². The highest BCUT2D eigenvalue weighted by Gasteiger charge is 2.20. The smallest absolute Gasteiger partial charge is 0.342 e. The molecular weight excluding hydrogens is 238 g/mol. The molecule has 6 heteroatoms. The summed E-state index contributed by atoms with van der Waals surface area (Å²) >= 11 is 0. The zero-order chi connectivity index (χ0) is 13.5. The molecular formula is C12H11NO5. The number of carbonyl (C=O) groups is 1. The van der Waals surface area contributed by atoms with E-state index in [2.05, 4.69) is 11.8 Å². The van der Waals surface area contributed by atoms with Crippen LogP contribution in [0.15, 0.2) is 18.2 Å². The summed E-state index contributed by atoms with van der Waals surface area (Å²) in [6, 6.07) is 3.62. The quantitative estimate of drug-likeness (QED) is 0.373. The van der Waals surface area contributed by atoms with Crippen LogP contribution in [0, 0.1) is 22.0 Å². The van der Waals surface area contributed by atoms with Crippen LogP contribution in [0.25, 0.3) is 0 Å². The number of ether oxygens (including phenoxy) is 1. The van der Waals surface area contributed by atoms with E-state index >= 15 is 0 Å². The number of rotatable bonds is 5. The summed E-state index contributed by atoms with van der Waals surface area (Å²) in [6.07, 6.45) is 0.510. The van der Waals surface area contributed by atoms with Gasteiger partial charge < -0.3 is 9.84 Å². The number of nitro groups is 1. The van der Waals surface area contributed by atoms with E-state index in [9.17, 15) is 14.9 Å². The molecule has 94 valence electrons. The molecule has 0 unspecified atom stereocenters. The topological polar surface area (TPSA) is 89.7 Å². The lowest BCUT2D eigenvalue weighted by Gasteiger charge is -2.05. The fourth-order valence-electron chi connectivity index (χ4n) is 1.28. The Balaban J connectivity index is 2.89. The molecule has 0 aromatic heterocycles. The summed E-state index contributed by atoms with van der Waals surface area (Å²) in [4.78, 5) is 20.8. The van der Waals surface area contributed by atoms with E-state index in [0.717, 1.165) is 12.1 Å². The van der Waals surface area contributed by atoms with Crippen molar-refractivity contribution in [3.8, 4) is 17.6 Å². The first kappa shape index (κ1) is 13.5. The van der Waals surface area contributed by atoms with Crippen LogP contribution in [0.1, 0.15) is 23.7 Å². The van der Waals surface area contributed by atoms with E-state index in [1.54, 1.807) is 6.92 Å². The highest BCUT2D eigenvalue weighted by molar-refractivity contribution is 5.92. The first-order chi connectivity index (χ1) is 8.56. The van der Waals surface area contributed by atoms with Crippen molar-refractivity contribution >= 4 is 11.7 Å². The molecule has 1 N–H and O–H groups in total. The van der Waals surface area contributed by atoms with E-state index in [4.69, 9.17) is 9.84 Å². The molecule has 0 aliphatic heterocycles. The fourth-order valence-corrected chi connectivity index (χ4v) is 1.28. The van der Waals surface area contributed by atoms with Crippen LogP contribution in [0.2, 0.25) is 0 Å². The summed E-state index contributed by atoms with van der Waals surface area (Å²) in [5.74, 6) is 4.39. The van der Waals surface area contributed by atoms with Gasteiger partial charge in [-0.25, -0.2) is 4.79 Å². The van der Waals surface area contributed by atoms with Gasteiger partial charge in [0.05, 0.1) is 11.5 Å². The SMILES string of the molecule is CC#CCCOc1ccc([N+](=O)[O-])c(C(=O)O)c1. The molecule has 0 bridgehead atoms. The predicted molar refractivity (Wildman–Crippen MR) is 63.6 cm³/mol. The Hall–Kier alpha value is -2.55. The van der Waals surface area contributed by atoms with Crippen molar-refractivity contribution in [2.75, 3.05) is 6.61 Å². The van der Waals surface area contributed by atoms with Gasteiger partial charge in [-0.05, 0) is 13.0 Å². The van der Waals surface area contributed by atoms with Crippen molar-refractivity contribution in [3.05, 3.63) is 33.9 Å². The Morgan fingerprint density at radius 2 is 2.28 bits per heavy atom. The maximum atomic E-state index is 10.9. The minimum atomic E-state index is -1.36. The van der Waals surface area contributed by atoms with Gasteiger partial charge in [-0.2, -0.15) is 0 Å². The standard InChI is InChI=1S/C12H11NO5/c1-2-3-4-7-18-9-5-6-11(13(16)17)10(8-9)12(14)15/h5-6,8H,4,7H2,1H3,(H,14,15). The molecule has 0 aliphatic carbocycles.